The molecule has 2 N–H and O–H groups in total. The van der Waals surface area contributed by atoms with Crippen LogP contribution in [-0.4, -0.2) is 54.1 Å². The van der Waals surface area contributed by atoms with Crippen molar-refractivity contribution in [1.82, 2.24) is 25.7 Å². The molecule has 0 unspecified atom stereocenters. The summed E-state index contributed by atoms with van der Waals surface area (Å²) in [5.74, 6) is 1.99. The third kappa shape index (κ3) is 4.43. The van der Waals surface area contributed by atoms with Crippen molar-refractivity contribution >= 4 is 22.6 Å². The van der Waals surface area contributed by atoms with Crippen LogP contribution in [0.25, 0.3) is 10.9 Å². The summed E-state index contributed by atoms with van der Waals surface area (Å²) >= 11 is 0. The molecule has 3 saturated carbocycles. The highest BCUT2D eigenvalue weighted by Gasteiger charge is 2.69. The van der Waals surface area contributed by atoms with E-state index in [-0.39, 0.29) is 11.3 Å². The van der Waals surface area contributed by atoms with E-state index >= 15 is 0 Å². The lowest BCUT2D eigenvalue weighted by atomic mass is 9.34. The topological polar surface area (TPSA) is 92.3 Å². The van der Waals surface area contributed by atoms with Gasteiger partial charge in [0.2, 0.25) is 5.91 Å². The normalized spacial score (nSPS) is 26.5. The van der Waals surface area contributed by atoms with Gasteiger partial charge in [0.25, 0.3) is 0 Å². The van der Waals surface area contributed by atoms with Gasteiger partial charge in [0.1, 0.15) is 11.6 Å². The van der Waals surface area contributed by atoms with Crippen molar-refractivity contribution in [1.29, 1.82) is 0 Å². The lowest BCUT2D eigenvalue weighted by Gasteiger charge is -2.70. The number of carbonyl (C=O) groups excluding carboxylic acids is 1. The van der Waals surface area contributed by atoms with Crippen LogP contribution in [-0.2, 0) is 15.0 Å². The van der Waals surface area contributed by atoms with E-state index in [1.165, 1.54) is 39.2 Å². The number of nitrogens with one attached hydrogen (secondary N) is 2. The maximum atomic E-state index is 11.4. The molecule has 8 heteroatoms. The molecule has 4 fully saturated rings. The Morgan fingerprint density at radius 3 is 2.73 bits per heavy atom. The van der Waals surface area contributed by atoms with Crippen molar-refractivity contribution < 1.29 is 9.63 Å². The number of piperidine rings is 1. The molecule has 3 aliphatic carbocycles. The Hall–Kier alpha value is -2.32. The van der Waals surface area contributed by atoms with Crippen LogP contribution in [0.15, 0.2) is 18.5 Å². The van der Waals surface area contributed by atoms with Gasteiger partial charge in [-0.15, -0.1) is 0 Å². The van der Waals surface area contributed by atoms with Gasteiger partial charge in [-0.05, 0) is 69.5 Å². The number of unbranched alkanes of at least 4 members (excludes halogenated alkanes) is 2. The van der Waals surface area contributed by atoms with Gasteiger partial charge in [-0.1, -0.05) is 12.8 Å². The first-order valence-electron chi connectivity index (χ1n) is 12.4. The minimum atomic E-state index is -0.0324. The minimum Gasteiger partial charge on any atom is -0.357 e. The van der Waals surface area contributed by atoms with Crippen molar-refractivity contribution in [2.45, 2.75) is 75.7 Å². The Balaban J connectivity index is 1.14. The average molecular weight is 453 g/mol. The van der Waals surface area contributed by atoms with Crippen LogP contribution >= 0.6 is 0 Å². The average Bonchev–Trinajstić information content (AvgIpc) is 2.79. The zero-order valence-corrected chi connectivity index (χ0v) is 19.9. The van der Waals surface area contributed by atoms with Gasteiger partial charge < -0.3 is 10.2 Å². The molecule has 6 rings (SSSR count). The maximum absolute atomic E-state index is 11.4. The second-order valence-electron chi connectivity index (χ2n) is 10.5. The Morgan fingerprint density at radius 2 is 1.97 bits per heavy atom. The van der Waals surface area contributed by atoms with E-state index in [2.05, 4.69) is 33.6 Å². The molecule has 0 aromatic carbocycles. The molecular weight excluding hydrogens is 416 g/mol. The Morgan fingerprint density at radius 1 is 1.18 bits per heavy atom. The number of aromatic nitrogens is 3. The van der Waals surface area contributed by atoms with Gasteiger partial charge in [0, 0.05) is 36.5 Å². The van der Waals surface area contributed by atoms with Crippen LogP contribution in [0.4, 0.5) is 5.82 Å². The van der Waals surface area contributed by atoms with Crippen molar-refractivity contribution in [3.8, 4) is 0 Å². The predicted molar refractivity (Wildman–Crippen MR) is 128 cm³/mol. The first-order chi connectivity index (χ1) is 16.0. The molecule has 0 atom stereocenters. The fourth-order valence-electron chi connectivity index (χ4n) is 6.38. The van der Waals surface area contributed by atoms with E-state index in [0.29, 0.717) is 17.9 Å². The number of carbonyl (C=O) groups is 1. The Labute approximate surface area is 195 Å². The van der Waals surface area contributed by atoms with Gasteiger partial charge in [-0.2, -0.15) is 0 Å². The summed E-state index contributed by atoms with van der Waals surface area (Å²) in [5, 5.41) is 4.50. The number of nitrogens with zero attached hydrogens (tertiary/aromatic N) is 4. The van der Waals surface area contributed by atoms with Gasteiger partial charge in [0.15, 0.2) is 0 Å². The standard InChI is InChI=1S/C25H36N6O2/c1-31(19-7-10-26-11-8-19)21-12-18-13-28-23(29-20(18)14-27-21)25-15-24(16-25,17-25)9-5-3-4-6-22(32)30-33-2/h12-14,19,26H,3-11,15-17H2,1-2H3,(H,30,32). The first-order valence-corrected chi connectivity index (χ1v) is 12.4. The molecule has 1 amide bonds. The largest absolute Gasteiger partial charge is 0.357 e. The first kappa shape index (κ1) is 22.5. The maximum Gasteiger partial charge on any atom is 0.243 e. The summed E-state index contributed by atoms with van der Waals surface area (Å²) in [6.45, 7) is 2.15. The smallest absolute Gasteiger partial charge is 0.243 e. The second kappa shape index (κ2) is 9.14. The predicted octanol–water partition coefficient (Wildman–Crippen LogP) is 3.26. The number of pyridine rings is 1. The van der Waals surface area contributed by atoms with Gasteiger partial charge in [-0.3, -0.25) is 9.63 Å². The van der Waals surface area contributed by atoms with Crippen LogP contribution in [0, 0.1) is 5.41 Å². The molecule has 178 valence electrons. The van der Waals surface area contributed by atoms with Crippen LogP contribution in [0.1, 0.15) is 70.0 Å². The van der Waals surface area contributed by atoms with Crippen LogP contribution in [0.2, 0.25) is 0 Å². The van der Waals surface area contributed by atoms with Crippen molar-refractivity contribution in [3.05, 3.63) is 24.3 Å². The number of hydrogen-bond acceptors (Lipinski definition) is 7. The summed E-state index contributed by atoms with van der Waals surface area (Å²) < 4.78 is 0. The lowest BCUT2D eigenvalue weighted by molar-refractivity contribution is -0.152. The lowest BCUT2D eigenvalue weighted by Crippen LogP contribution is -2.65. The molecule has 2 bridgehead atoms. The zero-order chi connectivity index (χ0) is 22.9. The van der Waals surface area contributed by atoms with E-state index in [1.54, 1.807) is 0 Å². The quantitative estimate of drug-likeness (QED) is 0.422. The summed E-state index contributed by atoms with van der Waals surface area (Å²) in [7, 11) is 3.62. The summed E-state index contributed by atoms with van der Waals surface area (Å²) in [5.41, 5.74) is 4.02. The van der Waals surface area contributed by atoms with Crippen LogP contribution in [0.5, 0.6) is 0 Å². The van der Waals surface area contributed by atoms with Gasteiger partial charge >= 0.3 is 0 Å². The van der Waals surface area contributed by atoms with E-state index in [4.69, 9.17) is 15.0 Å². The highest BCUT2D eigenvalue weighted by Crippen LogP contribution is 2.74. The molecule has 0 radical (unpaired) electrons. The number of hydrogen-bond donors (Lipinski definition) is 2. The summed E-state index contributed by atoms with van der Waals surface area (Å²) in [6, 6.07) is 2.67. The van der Waals surface area contributed by atoms with Crippen molar-refractivity contribution in [2.24, 2.45) is 5.41 Å². The molecular formula is C25H36N6O2. The monoisotopic (exact) mass is 452 g/mol. The fourth-order valence-corrected chi connectivity index (χ4v) is 6.38. The number of fused-ring (bicyclic) bond motifs is 1. The molecule has 4 aliphatic rings. The molecule has 3 heterocycles. The van der Waals surface area contributed by atoms with E-state index < -0.39 is 0 Å². The highest BCUT2D eigenvalue weighted by molar-refractivity contribution is 5.79. The van der Waals surface area contributed by atoms with Crippen LogP contribution < -0.4 is 15.7 Å². The molecule has 2 aromatic rings. The van der Waals surface area contributed by atoms with Gasteiger partial charge in [-0.25, -0.2) is 20.4 Å². The van der Waals surface area contributed by atoms with E-state index in [9.17, 15) is 4.79 Å². The molecule has 0 spiro atoms. The Kier molecular flexibility index (Phi) is 6.22. The molecule has 33 heavy (non-hydrogen) atoms. The number of anilines is 1. The molecule has 1 saturated heterocycles. The third-order valence-corrected chi connectivity index (χ3v) is 8.11. The van der Waals surface area contributed by atoms with Crippen molar-refractivity contribution in [3.63, 3.8) is 0 Å². The molecule has 2 aromatic heterocycles. The third-order valence-electron chi connectivity index (χ3n) is 8.11. The zero-order valence-electron chi connectivity index (χ0n) is 19.9. The SMILES string of the molecule is CONC(=O)CCCCCC12CC(c3ncc4cc(N(C)C5CCNCC5)ncc4n3)(C1)C2. The Bertz CT molecular complexity index is 986. The van der Waals surface area contributed by atoms with E-state index in [1.807, 2.05) is 12.4 Å². The summed E-state index contributed by atoms with van der Waals surface area (Å²) in [4.78, 5) is 32.9. The second-order valence-corrected chi connectivity index (χ2v) is 10.5. The van der Waals surface area contributed by atoms with E-state index in [0.717, 1.165) is 61.3 Å². The number of hydroxylamine groups is 1. The molecule has 8 nitrogen and oxygen atoms in total. The minimum absolute atomic E-state index is 0.0324. The van der Waals surface area contributed by atoms with Crippen LogP contribution in [0.3, 0.4) is 0 Å². The number of amides is 1. The molecule has 1 aliphatic heterocycles. The fraction of sp³-hybridized carbons (Fsp3) is 0.680. The van der Waals surface area contributed by atoms with Crippen molar-refractivity contribution in [2.75, 3.05) is 32.1 Å². The highest BCUT2D eigenvalue weighted by atomic mass is 16.6. The van der Waals surface area contributed by atoms with Gasteiger partial charge in [0.05, 0.1) is 18.8 Å². The summed E-state index contributed by atoms with van der Waals surface area (Å²) in [6.07, 6.45) is 14.8. The number of rotatable bonds is 10.